The topological polar surface area (TPSA) is 52.9 Å². The van der Waals surface area contributed by atoms with E-state index in [4.69, 9.17) is 5.26 Å². The SMILES string of the molecule is CCCC(C#N)C(=O)Nc1ccc2c(c1)CCC2. The first kappa shape index (κ1) is 12.6. The lowest BCUT2D eigenvalue weighted by Gasteiger charge is -2.10. The van der Waals surface area contributed by atoms with Gasteiger partial charge in [-0.25, -0.2) is 0 Å². The van der Waals surface area contributed by atoms with Crippen molar-refractivity contribution in [2.45, 2.75) is 39.0 Å². The van der Waals surface area contributed by atoms with E-state index in [0.29, 0.717) is 6.42 Å². The summed E-state index contributed by atoms with van der Waals surface area (Å²) in [5.74, 6) is -0.722. The highest BCUT2D eigenvalue weighted by Gasteiger charge is 2.17. The number of nitrogens with one attached hydrogen (secondary N) is 1. The predicted molar refractivity (Wildman–Crippen MR) is 71.1 cm³/mol. The zero-order chi connectivity index (χ0) is 13.0. The van der Waals surface area contributed by atoms with Crippen LogP contribution in [0.3, 0.4) is 0 Å². The van der Waals surface area contributed by atoms with Crippen LogP contribution in [-0.2, 0) is 17.6 Å². The normalized spacial score (nSPS) is 14.7. The Hall–Kier alpha value is -1.82. The van der Waals surface area contributed by atoms with Gasteiger partial charge < -0.3 is 5.32 Å². The summed E-state index contributed by atoms with van der Waals surface area (Å²) in [5.41, 5.74) is 3.53. The zero-order valence-corrected chi connectivity index (χ0v) is 10.7. The molecule has 1 unspecified atom stereocenters. The summed E-state index contributed by atoms with van der Waals surface area (Å²) in [5, 5.41) is 11.8. The second kappa shape index (κ2) is 5.68. The molecule has 0 fully saturated rings. The maximum Gasteiger partial charge on any atom is 0.241 e. The van der Waals surface area contributed by atoms with Crippen molar-refractivity contribution in [2.75, 3.05) is 5.32 Å². The number of hydrogen-bond donors (Lipinski definition) is 1. The third kappa shape index (κ3) is 2.70. The van der Waals surface area contributed by atoms with Gasteiger partial charge in [-0.3, -0.25) is 4.79 Å². The number of hydrogen-bond acceptors (Lipinski definition) is 2. The first-order chi connectivity index (χ1) is 8.74. The highest BCUT2D eigenvalue weighted by molar-refractivity contribution is 5.94. The van der Waals surface area contributed by atoms with Crippen LogP contribution >= 0.6 is 0 Å². The summed E-state index contributed by atoms with van der Waals surface area (Å²) in [4.78, 5) is 11.9. The van der Waals surface area contributed by atoms with Crippen molar-refractivity contribution in [3.8, 4) is 6.07 Å². The van der Waals surface area contributed by atoms with Crippen LogP contribution in [0.1, 0.15) is 37.3 Å². The molecule has 1 aliphatic carbocycles. The number of carbonyl (C=O) groups excluding carboxylic acids is 1. The van der Waals surface area contributed by atoms with Gasteiger partial charge in [-0.2, -0.15) is 5.26 Å². The lowest BCUT2D eigenvalue weighted by Crippen LogP contribution is -2.21. The van der Waals surface area contributed by atoms with Gasteiger partial charge in [0, 0.05) is 5.69 Å². The second-order valence-corrected chi connectivity index (χ2v) is 4.80. The summed E-state index contributed by atoms with van der Waals surface area (Å²) >= 11 is 0. The summed E-state index contributed by atoms with van der Waals surface area (Å²) in [7, 11) is 0. The van der Waals surface area contributed by atoms with Gasteiger partial charge in [-0.15, -0.1) is 0 Å². The number of nitrogens with zero attached hydrogens (tertiary/aromatic N) is 1. The van der Waals surface area contributed by atoms with Crippen LogP contribution in [0, 0.1) is 17.2 Å². The second-order valence-electron chi connectivity index (χ2n) is 4.80. The van der Waals surface area contributed by atoms with Crippen molar-refractivity contribution >= 4 is 11.6 Å². The molecule has 1 aromatic carbocycles. The Labute approximate surface area is 108 Å². The van der Waals surface area contributed by atoms with E-state index in [0.717, 1.165) is 24.9 Å². The Balaban J connectivity index is 2.05. The molecule has 3 nitrogen and oxygen atoms in total. The van der Waals surface area contributed by atoms with E-state index >= 15 is 0 Å². The molecule has 0 saturated carbocycles. The Kier molecular flexibility index (Phi) is 3.99. The van der Waals surface area contributed by atoms with Crippen LogP contribution in [0.4, 0.5) is 5.69 Å². The minimum absolute atomic E-state index is 0.183. The Morgan fingerprint density at radius 1 is 1.44 bits per heavy atom. The fraction of sp³-hybridized carbons (Fsp3) is 0.467. The predicted octanol–water partition coefficient (Wildman–Crippen LogP) is 3.05. The summed E-state index contributed by atoms with van der Waals surface area (Å²) in [6.45, 7) is 1.98. The van der Waals surface area contributed by atoms with Gasteiger partial charge in [0.2, 0.25) is 5.91 Å². The van der Waals surface area contributed by atoms with Gasteiger partial charge in [0.05, 0.1) is 6.07 Å². The Bertz CT molecular complexity index is 488. The molecule has 2 rings (SSSR count). The molecule has 0 radical (unpaired) electrons. The lowest BCUT2D eigenvalue weighted by molar-refractivity contribution is -0.118. The fourth-order valence-corrected chi connectivity index (χ4v) is 2.42. The first-order valence-corrected chi connectivity index (χ1v) is 6.57. The molecular formula is C15H18N2O. The maximum absolute atomic E-state index is 11.9. The van der Waals surface area contributed by atoms with Crippen molar-refractivity contribution < 1.29 is 4.79 Å². The third-order valence-corrected chi connectivity index (χ3v) is 3.42. The number of amides is 1. The first-order valence-electron chi connectivity index (χ1n) is 6.57. The Morgan fingerprint density at radius 2 is 2.22 bits per heavy atom. The zero-order valence-electron chi connectivity index (χ0n) is 10.7. The number of benzene rings is 1. The molecule has 0 heterocycles. The number of aryl methyl sites for hydroxylation is 2. The van der Waals surface area contributed by atoms with E-state index in [1.165, 1.54) is 17.5 Å². The highest BCUT2D eigenvalue weighted by Crippen LogP contribution is 2.25. The molecule has 1 amide bonds. The average molecular weight is 242 g/mol. The van der Waals surface area contributed by atoms with Crippen molar-refractivity contribution in [1.82, 2.24) is 0 Å². The van der Waals surface area contributed by atoms with Gasteiger partial charge in [-0.05, 0) is 48.9 Å². The minimum atomic E-state index is -0.539. The van der Waals surface area contributed by atoms with Crippen LogP contribution in [0.15, 0.2) is 18.2 Å². The van der Waals surface area contributed by atoms with Crippen molar-refractivity contribution in [1.29, 1.82) is 5.26 Å². The average Bonchev–Trinajstić information content (AvgIpc) is 2.83. The number of nitriles is 1. The van der Waals surface area contributed by atoms with E-state index in [9.17, 15) is 4.79 Å². The smallest absolute Gasteiger partial charge is 0.241 e. The van der Waals surface area contributed by atoms with Gasteiger partial charge in [0.15, 0.2) is 0 Å². The molecule has 18 heavy (non-hydrogen) atoms. The molecule has 1 aliphatic rings. The lowest BCUT2D eigenvalue weighted by atomic mass is 10.0. The fourth-order valence-electron chi connectivity index (χ4n) is 2.42. The maximum atomic E-state index is 11.9. The van der Waals surface area contributed by atoms with Crippen molar-refractivity contribution in [3.05, 3.63) is 29.3 Å². The molecule has 1 N–H and O–H groups in total. The molecule has 0 aromatic heterocycles. The summed E-state index contributed by atoms with van der Waals surface area (Å²) < 4.78 is 0. The standard InChI is InChI=1S/C15H18N2O/c1-2-4-13(10-16)15(18)17-14-8-7-11-5-3-6-12(11)9-14/h7-9,13H,2-6H2,1H3,(H,17,18). The molecular weight excluding hydrogens is 224 g/mol. The van der Waals surface area contributed by atoms with Gasteiger partial charge >= 0.3 is 0 Å². The molecule has 0 saturated heterocycles. The monoisotopic (exact) mass is 242 g/mol. The number of carbonyl (C=O) groups is 1. The molecule has 0 aliphatic heterocycles. The third-order valence-electron chi connectivity index (χ3n) is 3.42. The van der Waals surface area contributed by atoms with Crippen LogP contribution in [0.2, 0.25) is 0 Å². The van der Waals surface area contributed by atoms with E-state index in [1.54, 1.807) is 0 Å². The van der Waals surface area contributed by atoms with Crippen molar-refractivity contribution in [2.24, 2.45) is 5.92 Å². The van der Waals surface area contributed by atoms with Crippen LogP contribution < -0.4 is 5.32 Å². The van der Waals surface area contributed by atoms with Crippen LogP contribution in [0.25, 0.3) is 0 Å². The summed E-state index contributed by atoms with van der Waals surface area (Å²) in [6, 6.07) is 8.12. The highest BCUT2D eigenvalue weighted by atomic mass is 16.1. The van der Waals surface area contributed by atoms with Crippen LogP contribution in [0.5, 0.6) is 0 Å². The molecule has 3 heteroatoms. The van der Waals surface area contributed by atoms with Gasteiger partial charge in [-0.1, -0.05) is 19.4 Å². The quantitative estimate of drug-likeness (QED) is 0.882. The van der Waals surface area contributed by atoms with E-state index in [1.807, 2.05) is 19.1 Å². The minimum Gasteiger partial charge on any atom is -0.325 e. The molecule has 0 spiro atoms. The van der Waals surface area contributed by atoms with Crippen molar-refractivity contribution in [3.63, 3.8) is 0 Å². The Morgan fingerprint density at radius 3 is 2.94 bits per heavy atom. The summed E-state index contributed by atoms with van der Waals surface area (Å²) in [6.07, 6.45) is 4.89. The number of fused-ring (bicyclic) bond motifs is 1. The largest absolute Gasteiger partial charge is 0.325 e. The molecule has 94 valence electrons. The number of rotatable bonds is 4. The molecule has 1 atom stereocenters. The van der Waals surface area contributed by atoms with E-state index in [2.05, 4.69) is 17.5 Å². The van der Waals surface area contributed by atoms with Gasteiger partial charge in [0.1, 0.15) is 5.92 Å². The van der Waals surface area contributed by atoms with Crippen LogP contribution in [-0.4, -0.2) is 5.91 Å². The molecule has 1 aromatic rings. The van der Waals surface area contributed by atoms with E-state index < -0.39 is 5.92 Å². The molecule has 0 bridgehead atoms. The van der Waals surface area contributed by atoms with Gasteiger partial charge in [0.25, 0.3) is 0 Å². The van der Waals surface area contributed by atoms with E-state index in [-0.39, 0.29) is 5.91 Å². The number of anilines is 1.